The molecule has 10 nitrogen and oxygen atoms in total. The zero-order valence-electron chi connectivity index (χ0n) is 15.5. The van der Waals surface area contributed by atoms with E-state index in [0.717, 1.165) is 5.56 Å². The molecule has 0 fully saturated rings. The molecule has 4 aromatic heterocycles. The minimum Gasteiger partial charge on any atom is -0.459 e. The van der Waals surface area contributed by atoms with Gasteiger partial charge in [0.2, 0.25) is 5.76 Å². The topological polar surface area (TPSA) is 133 Å². The first-order valence-electron chi connectivity index (χ1n) is 8.69. The number of nitrogens with zero attached hydrogens (tertiary/aromatic N) is 4. The molecule has 0 unspecified atom stereocenters. The Morgan fingerprint density at radius 2 is 2.10 bits per heavy atom. The Hall–Kier alpha value is -4.08. The Morgan fingerprint density at radius 1 is 1.24 bits per heavy atom. The highest BCUT2D eigenvalue weighted by Gasteiger charge is 2.19. The van der Waals surface area contributed by atoms with Crippen molar-refractivity contribution in [3.8, 4) is 11.4 Å². The second kappa shape index (κ2) is 7.50. The van der Waals surface area contributed by atoms with Gasteiger partial charge < -0.3 is 19.0 Å². The molecule has 4 aromatic rings. The van der Waals surface area contributed by atoms with E-state index in [1.807, 2.05) is 19.1 Å². The lowest BCUT2D eigenvalue weighted by Crippen LogP contribution is -2.11. The molecule has 0 aliphatic rings. The summed E-state index contributed by atoms with van der Waals surface area (Å²) < 4.78 is 15.3. The van der Waals surface area contributed by atoms with Crippen molar-refractivity contribution in [1.82, 2.24) is 20.1 Å². The van der Waals surface area contributed by atoms with Gasteiger partial charge in [-0.15, -0.1) is 0 Å². The van der Waals surface area contributed by atoms with Crippen molar-refractivity contribution in [2.45, 2.75) is 13.8 Å². The molecule has 0 bridgehead atoms. The van der Waals surface area contributed by atoms with E-state index < -0.39 is 11.9 Å². The van der Waals surface area contributed by atoms with Crippen molar-refractivity contribution >= 4 is 28.8 Å². The van der Waals surface area contributed by atoms with Crippen LogP contribution in [-0.2, 0) is 4.74 Å². The van der Waals surface area contributed by atoms with Gasteiger partial charge in [0.25, 0.3) is 5.91 Å². The lowest BCUT2D eigenvalue weighted by atomic mass is 10.1. The standard InChI is InChI=1S/C19H15N5O5/c1-3-27-19(26)18-23-16-13(28-18)7-11(9-21-16)22-17(25)14-8-12(24-29-14)15-10(2)5-4-6-20-15/h4-9H,3H2,1-2H3,(H,22,25). The van der Waals surface area contributed by atoms with Crippen LogP contribution in [0.1, 0.15) is 33.7 Å². The number of carbonyl (C=O) groups excluding carboxylic acids is 2. The predicted molar refractivity (Wildman–Crippen MR) is 100 cm³/mol. The maximum atomic E-state index is 12.5. The number of anilines is 1. The van der Waals surface area contributed by atoms with Gasteiger partial charge in [0.15, 0.2) is 11.2 Å². The minimum atomic E-state index is -0.685. The van der Waals surface area contributed by atoms with E-state index in [1.54, 1.807) is 13.1 Å². The average molecular weight is 393 g/mol. The van der Waals surface area contributed by atoms with E-state index in [2.05, 4.69) is 25.4 Å². The largest absolute Gasteiger partial charge is 0.459 e. The number of carbonyl (C=O) groups is 2. The number of hydrogen-bond acceptors (Lipinski definition) is 9. The Morgan fingerprint density at radius 3 is 2.90 bits per heavy atom. The van der Waals surface area contributed by atoms with Crippen molar-refractivity contribution in [3.05, 3.63) is 53.9 Å². The summed E-state index contributed by atoms with van der Waals surface area (Å²) in [5.74, 6) is -1.41. The van der Waals surface area contributed by atoms with E-state index in [4.69, 9.17) is 13.7 Å². The summed E-state index contributed by atoms with van der Waals surface area (Å²) in [5.41, 5.74) is 2.78. The second-order valence-electron chi connectivity index (χ2n) is 5.98. The monoisotopic (exact) mass is 393 g/mol. The van der Waals surface area contributed by atoms with Gasteiger partial charge in [0, 0.05) is 18.3 Å². The van der Waals surface area contributed by atoms with Crippen LogP contribution in [0, 0.1) is 6.92 Å². The van der Waals surface area contributed by atoms with Crippen molar-refractivity contribution in [2.75, 3.05) is 11.9 Å². The first kappa shape index (κ1) is 18.3. The molecule has 0 aromatic carbocycles. The Kier molecular flexibility index (Phi) is 4.73. The SMILES string of the molecule is CCOC(=O)c1nc2ncc(NC(=O)c3cc(-c4ncccc4C)no3)cc2o1. The zero-order valence-corrected chi connectivity index (χ0v) is 15.5. The number of aryl methyl sites for hydroxylation is 1. The molecule has 0 aliphatic carbocycles. The Bertz CT molecular complexity index is 1210. The molecule has 10 heteroatoms. The fourth-order valence-corrected chi connectivity index (χ4v) is 2.61. The third kappa shape index (κ3) is 3.68. The van der Waals surface area contributed by atoms with Crippen LogP contribution >= 0.6 is 0 Å². The number of ether oxygens (including phenoxy) is 1. The maximum Gasteiger partial charge on any atom is 0.394 e. The summed E-state index contributed by atoms with van der Waals surface area (Å²) in [6, 6.07) is 6.70. The molecule has 0 radical (unpaired) electrons. The molecular formula is C19H15N5O5. The summed E-state index contributed by atoms with van der Waals surface area (Å²) in [6.07, 6.45) is 3.03. The third-order valence-corrected chi connectivity index (χ3v) is 3.94. The summed E-state index contributed by atoms with van der Waals surface area (Å²) in [4.78, 5) is 36.4. The fourth-order valence-electron chi connectivity index (χ4n) is 2.61. The van der Waals surface area contributed by atoms with Gasteiger partial charge >= 0.3 is 11.9 Å². The van der Waals surface area contributed by atoms with Gasteiger partial charge in [0.05, 0.1) is 24.2 Å². The predicted octanol–water partition coefficient (Wildman–Crippen LogP) is 3.01. The molecule has 29 heavy (non-hydrogen) atoms. The lowest BCUT2D eigenvalue weighted by Gasteiger charge is -2.01. The number of aromatic nitrogens is 4. The van der Waals surface area contributed by atoms with Crippen LogP contribution in [-0.4, -0.2) is 38.6 Å². The highest BCUT2D eigenvalue weighted by atomic mass is 16.5. The number of amides is 1. The fraction of sp³-hybridized carbons (Fsp3) is 0.158. The van der Waals surface area contributed by atoms with E-state index in [-0.39, 0.29) is 29.5 Å². The quantitative estimate of drug-likeness (QED) is 0.508. The van der Waals surface area contributed by atoms with Crippen molar-refractivity contribution in [1.29, 1.82) is 0 Å². The van der Waals surface area contributed by atoms with Gasteiger partial charge in [-0.3, -0.25) is 9.78 Å². The van der Waals surface area contributed by atoms with Crippen LogP contribution in [0.5, 0.6) is 0 Å². The summed E-state index contributed by atoms with van der Waals surface area (Å²) in [6.45, 7) is 3.76. The van der Waals surface area contributed by atoms with E-state index in [0.29, 0.717) is 17.1 Å². The zero-order chi connectivity index (χ0) is 20.4. The normalized spacial score (nSPS) is 10.8. The third-order valence-electron chi connectivity index (χ3n) is 3.94. The highest BCUT2D eigenvalue weighted by molar-refractivity contribution is 6.03. The van der Waals surface area contributed by atoms with Gasteiger partial charge in [-0.25, -0.2) is 9.78 Å². The van der Waals surface area contributed by atoms with Crippen LogP contribution in [0.2, 0.25) is 0 Å². The van der Waals surface area contributed by atoms with Gasteiger partial charge in [-0.05, 0) is 25.5 Å². The molecule has 4 heterocycles. The van der Waals surface area contributed by atoms with Crippen LogP contribution in [0.25, 0.3) is 22.6 Å². The van der Waals surface area contributed by atoms with Gasteiger partial charge in [-0.1, -0.05) is 11.2 Å². The smallest absolute Gasteiger partial charge is 0.394 e. The first-order valence-corrected chi connectivity index (χ1v) is 8.69. The molecule has 0 saturated carbocycles. The number of oxazole rings is 1. The number of hydrogen-bond donors (Lipinski definition) is 1. The van der Waals surface area contributed by atoms with Crippen molar-refractivity contribution in [2.24, 2.45) is 0 Å². The summed E-state index contributed by atoms with van der Waals surface area (Å²) >= 11 is 0. The molecule has 0 atom stereocenters. The van der Waals surface area contributed by atoms with E-state index in [1.165, 1.54) is 18.3 Å². The summed E-state index contributed by atoms with van der Waals surface area (Å²) in [7, 11) is 0. The van der Waals surface area contributed by atoms with E-state index in [9.17, 15) is 9.59 Å². The number of pyridine rings is 2. The Balaban J connectivity index is 1.53. The number of nitrogens with one attached hydrogen (secondary N) is 1. The molecule has 1 N–H and O–H groups in total. The van der Waals surface area contributed by atoms with E-state index >= 15 is 0 Å². The molecule has 0 saturated heterocycles. The van der Waals surface area contributed by atoms with Crippen LogP contribution in [0.3, 0.4) is 0 Å². The number of esters is 1. The molecule has 146 valence electrons. The van der Waals surface area contributed by atoms with Gasteiger partial charge in [0.1, 0.15) is 5.69 Å². The van der Waals surface area contributed by atoms with Crippen LogP contribution in [0.4, 0.5) is 5.69 Å². The van der Waals surface area contributed by atoms with Crippen LogP contribution < -0.4 is 5.32 Å². The molecule has 0 aliphatic heterocycles. The average Bonchev–Trinajstić information content (AvgIpc) is 3.35. The van der Waals surface area contributed by atoms with Crippen molar-refractivity contribution < 1.29 is 23.3 Å². The Labute approximate surface area is 163 Å². The summed E-state index contributed by atoms with van der Waals surface area (Å²) in [5, 5.41) is 6.54. The minimum absolute atomic E-state index is 0.00920. The highest BCUT2D eigenvalue weighted by Crippen LogP contribution is 2.22. The van der Waals surface area contributed by atoms with Crippen molar-refractivity contribution in [3.63, 3.8) is 0 Å². The van der Waals surface area contributed by atoms with Crippen LogP contribution in [0.15, 0.2) is 45.6 Å². The number of rotatable bonds is 5. The molecule has 4 rings (SSSR count). The number of fused-ring (bicyclic) bond motifs is 1. The first-order chi connectivity index (χ1) is 14.0. The lowest BCUT2D eigenvalue weighted by molar-refractivity contribution is 0.0483. The molecule has 1 amide bonds. The van der Waals surface area contributed by atoms with Gasteiger partial charge in [-0.2, -0.15) is 4.98 Å². The molecule has 0 spiro atoms. The second-order valence-corrected chi connectivity index (χ2v) is 5.98. The molecular weight excluding hydrogens is 378 g/mol. The maximum absolute atomic E-state index is 12.5.